The summed E-state index contributed by atoms with van der Waals surface area (Å²) >= 11 is 0. The quantitative estimate of drug-likeness (QED) is 0.362. The molecule has 68 valence electrons. The van der Waals surface area contributed by atoms with E-state index in [4.69, 9.17) is 5.90 Å². The predicted octanol–water partition coefficient (Wildman–Crippen LogP) is -0.536. The highest BCUT2D eigenvalue weighted by Gasteiger charge is 2.15. The molecule has 0 aromatic rings. The molecule has 0 rings (SSSR count). The summed E-state index contributed by atoms with van der Waals surface area (Å²) in [5.74, 6) is 4.96. The zero-order valence-electron chi connectivity index (χ0n) is 7.61. The average Bonchev–Trinajstić information content (AvgIpc) is 1.87. The van der Waals surface area contributed by atoms with Gasteiger partial charge in [0, 0.05) is 18.6 Å². The summed E-state index contributed by atoms with van der Waals surface area (Å²) in [6.07, 6.45) is 0. The molecule has 0 atom stereocenters. The summed E-state index contributed by atoms with van der Waals surface area (Å²) in [7, 11) is 1.92. The van der Waals surface area contributed by atoms with Crippen LogP contribution in [0.1, 0.15) is 13.8 Å². The van der Waals surface area contributed by atoms with Crippen LogP contribution in [-0.4, -0.2) is 32.3 Å². The molecule has 4 nitrogen and oxygen atoms in total. The first kappa shape index (κ1) is 10.8. The summed E-state index contributed by atoms with van der Waals surface area (Å²) in [4.78, 5) is 4.55. The van der Waals surface area contributed by atoms with Gasteiger partial charge < -0.3 is 15.5 Å². The standard InChI is InChI=1S/C7H19N3O/c1-7(2,6-11-8)10-5-4-9-3/h9-10H,4-6,8H2,1-3H3. The maximum absolute atomic E-state index is 4.96. The smallest absolute Gasteiger partial charge is 0.0855 e. The first-order valence-corrected chi connectivity index (χ1v) is 3.84. The van der Waals surface area contributed by atoms with Crippen molar-refractivity contribution in [1.29, 1.82) is 0 Å². The van der Waals surface area contributed by atoms with Crippen molar-refractivity contribution < 1.29 is 4.84 Å². The average molecular weight is 161 g/mol. The highest BCUT2D eigenvalue weighted by Crippen LogP contribution is 1.99. The van der Waals surface area contributed by atoms with Gasteiger partial charge in [-0.1, -0.05) is 0 Å². The molecule has 0 unspecified atom stereocenters. The van der Waals surface area contributed by atoms with Crippen LogP contribution >= 0.6 is 0 Å². The Bertz CT molecular complexity index is 95.7. The maximum Gasteiger partial charge on any atom is 0.0855 e. The van der Waals surface area contributed by atoms with Gasteiger partial charge in [0.2, 0.25) is 0 Å². The van der Waals surface area contributed by atoms with Gasteiger partial charge >= 0.3 is 0 Å². The summed E-state index contributed by atoms with van der Waals surface area (Å²) in [5.41, 5.74) is -0.0361. The van der Waals surface area contributed by atoms with Crippen LogP contribution in [0.2, 0.25) is 0 Å². The van der Waals surface area contributed by atoms with Crippen LogP contribution in [0.15, 0.2) is 0 Å². The Morgan fingerprint density at radius 2 is 2.00 bits per heavy atom. The van der Waals surface area contributed by atoms with Gasteiger partial charge in [0.25, 0.3) is 0 Å². The zero-order valence-corrected chi connectivity index (χ0v) is 7.61. The van der Waals surface area contributed by atoms with Crippen molar-refractivity contribution in [3.05, 3.63) is 0 Å². The third kappa shape index (κ3) is 6.25. The molecule has 0 heterocycles. The van der Waals surface area contributed by atoms with E-state index in [0.29, 0.717) is 6.61 Å². The fourth-order valence-corrected chi connectivity index (χ4v) is 0.785. The van der Waals surface area contributed by atoms with E-state index in [1.54, 1.807) is 0 Å². The van der Waals surface area contributed by atoms with Gasteiger partial charge in [0.15, 0.2) is 0 Å². The zero-order chi connectivity index (χ0) is 8.74. The summed E-state index contributed by atoms with van der Waals surface area (Å²) in [6, 6.07) is 0. The second kappa shape index (κ2) is 5.49. The van der Waals surface area contributed by atoms with Gasteiger partial charge in [0.05, 0.1) is 6.61 Å². The van der Waals surface area contributed by atoms with Crippen molar-refractivity contribution in [3.8, 4) is 0 Å². The highest BCUT2D eigenvalue weighted by molar-refractivity contribution is 4.76. The van der Waals surface area contributed by atoms with Crippen molar-refractivity contribution in [2.75, 3.05) is 26.7 Å². The third-order valence-corrected chi connectivity index (χ3v) is 1.42. The van der Waals surface area contributed by atoms with Gasteiger partial charge in [-0.3, -0.25) is 0 Å². The monoisotopic (exact) mass is 161 g/mol. The van der Waals surface area contributed by atoms with Gasteiger partial charge in [0.1, 0.15) is 0 Å². The van der Waals surface area contributed by atoms with Gasteiger partial charge in [-0.15, -0.1) is 0 Å². The Balaban J connectivity index is 3.38. The number of nitrogens with two attached hydrogens (primary N) is 1. The molecule has 0 aliphatic carbocycles. The number of nitrogens with one attached hydrogen (secondary N) is 2. The largest absolute Gasteiger partial charge is 0.318 e. The molecule has 0 fully saturated rings. The molecule has 0 radical (unpaired) electrons. The molecule has 0 amide bonds. The van der Waals surface area contributed by atoms with Gasteiger partial charge in [-0.2, -0.15) is 0 Å². The minimum atomic E-state index is -0.0361. The van der Waals surface area contributed by atoms with Crippen LogP contribution in [-0.2, 0) is 4.84 Å². The van der Waals surface area contributed by atoms with E-state index in [9.17, 15) is 0 Å². The highest BCUT2D eigenvalue weighted by atomic mass is 16.6. The fraction of sp³-hybridized carbons (Fsp3) is 1.00. The van der Waals surface area contributed by atoms with Crippen LogP contribution in [0.25, 0.3) is 0 Å². The SMILES string of the molecule is CNCCNC(C)(C)CON. The van der Waals surface area contributed by atoms with E-state index in [1.807, 2.05) is 7.05 Å². The van der Waals surface area contributed by atoms with Crippen molar-refractivity contribution in [2.24, 2.45) is 5.90 Å². The van der Waals surface area contributed by atoms with E-state index in [-0.39, 0.29) is 5.54 Å². The third-order valence-electron chi connectivity index (χ3n) is 1.42. The molecule has 4 N–H and O–H groups in total. The normalized spacial score (nSPS) is 12.0. The van der Waals surface area contributed by atoms with Crippen LogP contribution in [0.5, 0.6) is 0 Å². The minimum absolute atomic E-state index is 0.0361. The molecule has 11 heavy (non-hydrogen) atoms. The summed E-state index contributed by atoms with van der Waals surface area (Å²) in [6.45, 7) is 6.50. The molecule has 0 aliphatic heterocycles. The molecule has 0 aliphatic rings. The molecule has 0 spiro atoms. The van der Waals surface area contributed by atoms with E-state index >= 15 is 0 Å². The molecular formula is C7H19N3O. The second-order valence-corrected chi connectivity index (χ2v) is 3.23. The Labute approximate surface area is 68.4 Å². The molecule has 0 saturated carbocycles. The molecular weight excluding hydrogens is 142 g/mol. The maximum atomic E-state index is 4.96. The van der Waals surface area contributed by atoms with Crippen molar-refractivity contribution in [3.63, 3.8) is 0 Å². The lowest BCUT2D eigenvalue weighted by molar-refractivity contribution is 0.0840. The predicted molar refractivity (Wildman–Crippen MR) is 46.1 cm³/mol. The van der Waals surface area contributed by atoms with E-state index < -0.39 is 0 Å². The van der Waals surface area contributed by atoms with Crippen molar-refractivity contribution >= 4 is 0 Å². The summed E-state index contributed by atoms with van der Waals surface area (Å²) < 4.78 is 0. The van der Waals surface area contributed by atoms with E-state index in [1.165, 1.54) is 0 Å². The lowest BCUT2D eigenvalue weighted by Gasteiger charge is -2.24. The lowest BCUT2D eigenvalue weighted by Crippen LogP contribution is -2.46. The number of hydrogen-bond donors (Lipinski definition) is 3. The van der Waals surface area contributed by atoms with Crippen LogP contribution in [0, 0.1) is 0 Å². The first-order chi connectivity index (χ1) is 5.12. The molecule has 0 saturated heterocycles. The number of rotatable bonds is 6. The summed E-state index contributed by atoms with van der Waals surface area (Å²) in [5, 5.41) is 6.34. The number of likely N-dealkylation sites (N-methyl/N-ethyl adjacent to an activating group) is 1. The first-order valence-electron chi connectivity index (χ1n) is 3.84. The molecule has 4 heteroatoms. The Morgan fingerprint density at radius 1 is 1.36 bits per heavy atom. The molecule has 0 aromatic heterocycles. The van der Waals surface area contributed by atoms with Gasteiger partial charge in [-0.05, 0) is 20.9 Å². The van der Waals surface area contributed by atoms with Crippen molar-refractivity contribution in [2.45, 2.75) is 19.4 Å². The topological polar surface area (TPSA) is 59.3 Å². The molecule has 0 aromatic carbocycles. The van der Waals surface area contributed by atoms with Crippen LogP contribution in [0.4, 0.5) is 0 Å². The minimum Gasteiger partial charge on any atom is -0.318 e. The Hall–Kier alpha value is -0.160. The van der Waals surface area contributed by atoms with Crippen LogP contribution < -0.4 is 16.5 Å². The van der Waals surface area contributed by atoms with E-state index in [2.05, 4.69) is 29.3 Å². The Kier molecular flexibility index (Phi) is 5.41. The fourth-order valence-electron chi connectivity index (χ4n) is 0.785. The number of hydrogen-bond acceptors (Lipinski definition) is 4. The second-order valence-electron chi connectivity index (χ2n) is 3.23. The van der Waals surface area contributed by atoms with Crippen molar-refractivity contribution in [1.82, 2.24) is 10.6 Å². The van der Waals surface area contributed by atoms with Gasteiger partial charge in [-0.25, -0.2) is 5.90 Å². The van der Waals surface area contributed by atoms with Crippen LogP contribution in [0.3, 0.4) is 0 Å². The Morgan fingerprint density at radius 3 is 2.45 bits per heavy atom. The molecule has 0 bridgehead atoms. The van der Waals surface area contributed by atoms with E-state index in [0.717, 1.165) is 13.1 Å². The lowest BCUT2D eigenvalue weighted by atomic mass is 10.1.